The standard InChI is InChI=1S/C18H25N7O3/c1-22-16-13(10-21-22)17(20-12-19-16)24-8-6-23(7-9-24)15(26)11-25-5-3-2-4-14(25)18(27)28/h10,12,14H,2-9,11H2,1H3,(H,27,28). The average Bonchev–Trinajstić information content (AvgIpc) is 3.09. The van der Waals surface area contributed by atoms with Gasteiger partial charge in [-0.05, 0) is 19.4 Å². The Labute approximate surface area is 162 Å². The monoisotopic (exact) mass is 387 g/mol. The van der Waals surface area contributed by atoms with Gasteiger partial charge < -0.3 is 14.9 Å². The normalized spacial score (nSPS) is 21.2. The van der Waals surface area contributed by atoms with Gasteiger partial charge >= 0.3 is 5.97 Å². The number of aliphatic carboxylic acids is 1. The highest BCUT2D eigenvalue weighted by Crippen LogP contribution is 2.23. The van der Waals surface area contributed by atoms with Gasteiger partial charge in [0.2, 0.25) is 5.91 Å². The van der Waals surface area contributed by atoms with E-state index < -0.39 is 12.0 Å². The van der Waals surface area contributed by atoms with E-state index in [0.29, 0.717) is 39.1 Å². The molecule has 2 fully saturated rings. The van der Waals surface area contributed by atoms with E-state index in [1.54, 1.807) is 17.2 Å². The summed E-state index contributed by atoms with van der Waals surface area (Å²) in [6.45, 7) is 3.39. The Morgan fingerprint density at radius 1 is 1.14 bits per heavy atom. The van der Waals surface area contributed by atoms with Crippen LogP contribution in [0.2, 0.25) is 0 Å². The lowest BCUT2D eigenvalue weighted by Crippen LogP contribution is -2.54. The van der Waals surface area contributed by atoms with Gasteiger partial charge in [0.25, 0.3) is 0 Å². The molecule has 0 aromatic carbocycles. The highest BCUT2D eigenvalue weighted by molar-refractivity contribution is 5.87. The van der Waals surface area contributed by atoms with Crippen molar-refractivity contribution in [2.45, 2.75) is 25.3 Å². The van der Waals surface area contributed by atoms with E-state index in [9.17, 15) is 14.7 Å². The number of piperidine rings is 1. The van der Waals surface area contributed by atoms with E-state index in [1.807, 2.05) is 16.8 Å². The summed E-state index contributed by atoms with van der Waals surface area (Å²) in [5.74, 6) is 0.00995. The minimum Gasteiger partial charge on any atom is -0.480 e. The van der Waals surface area contributed by atoms with Gasteiger partial charge in [-0.2, -0.15) is 5.10 Å². The van der Waals surface area contributed by atoms with Crippen LogP contribution in [0.1, 0.15) is 19.3 Å². The molecule has 0 spiro atoms. The van der Waals surface area contributed by atoms with Crippen molar-refractivity contribution in [2.75, 3.05) is 44.2 Å². The number of fused-ring (bicyclic) bond motifs is 1. The van der Waals surface area contributed by atoms with Crippen molar-refractivity contribution in [1.82, 2.24) is 29.5 Å². The van der Waals surface area contributed by atoms with Crippen molar-refractivity contribution in [3.8, 4) is 0 Å². The van der Waals surface area contributed by atoms with Gasteiger partial charge in [-0.3, -0.25) is 19.2 Å². The third-order valence-corrected chi connectivity index (χ3v) is 5.68. The number of hydrogen-bond acceptors (Lipinski definition) is 7. The lowest BCUT2D eigenvalue weighted by Gasteiger charge is -2.38. The molecule has 2 aliphatic rings. The molecule has 10 heteroatoms. The molecule has 0 bridgehead atoms. The quantitative estimate of drug-likeness (QED) is 0.778. The second kappa shape index (κ2) is 7.70. The van der Waals surface area contributed by atoms with Crippen molar-refractivity contribution in [3.63, 3.8) is 0 Å². The summed E-state index contributed by atoms with van der Waals surface area (Å²) in [6.07, 6.45) is 5.77. The predicted octanol–water partition coefficient (Wildman–Crippen LogP) is -0.0490. The number of carbonyl (C=O) groups excluding carboxylic acids is 1. The molecule has 2 saturated heterocycles. The Balaban J connectivity index is 1.38. The summed E-state index contributed by atoms with van der Waals surface area (Å²) in [5.41, 5.74) is 0.785. The van der Waals surface area contributed by atoms with E-state index in [4.69, 9.17) is 0 Å². The van der Waals surface area contributed by atoms with Crippen LogP contribution in [0.15, 0.2) is 12.5 Å². The van der Waals surface area contributed by atoms with Gasteiger partial charge in [0.1, 0.15) is 18.2 Å². The number of hydrogen-bond donors (Lipinski definition) is 1. The van der Waals surface area contributed by atoms with Crippen molar-refractivity contribution >= 4 is 28.7 Å². The van der Waals surface area contributed by atoms with Crippen molar-refractivity contribution in [2.24, 2.45) is 7.05 Å². The highest BCUT2D eigenvalue weighted by Gasteiger charge is 2.32. The summed E-state index contributed by atoms with van der Waals surface area (Å²) < 4.78 is 1.72. The van der Waals surface area contributed by atoms with Crippen molar-refractivity contribution in [1.29, 1.82) is 0 Å². The first kappa shape index (κ1) is 18.6. The fourth-order valence-electron chi connectivity index (χ4n) is 4.10. The molecule has 2 aromatic heterocycles. The van der Waals surface area contributed by atoms with Gasteiger partial charge in [0, 0.05) is 33.2 Å². The summed E-state index contributed by atoms with van der Waals surface area (Å²) in [6, 6.07) is -0.543. The first-order valence-corrected chi connectivity index (χ1v) is 9.67. The van der Waals surface area contributed by atoms with Crippen LogP contribution in [0, 0.1) is 0 Å². The Bertz CT molecular complexity index is 875. The number of piperazine rings is 1. The number of likely N-dealkylation sites (tertiary alicyclic amines) is 1. The Morgan fingerprint density at radius 2 is 1.93 bits per heavy atom. The molecular weight excluding hydrogens is 362 g/mol. The summed E-state index contributed by atoms with van der Waals surface area (Å²) in [5, 5.41) is 14.5. The zero-order valence-corrected chi connectivity index (χ0v) is 16.0. The maximum atomic E-state index is 12.7. The van der Waals surface area contributed by atoms with E-state index in [1.165, 1.54) is 0 Å². The second-order valence-corrected chi connectivity index (χ2v) is 7.39. The molecule has 150 valence electrons. The minimum atomic E-state index is -0.832. The predicted molar refractivity (Wildman–Crippen MR) is 102 cm³/mol. The SMILES string of the molecule is Cn1ncc2c(N3CCN(C(=O)CN4CCCCC4C(=O)O)CC3)ncnc21. The molecule has 2 aliphatic heterocycles. The molecule has 0 radical (unpaired) electrons. The lowest BCUT2D eigenvalue weighted by molar-refractivity contribution is -0.146. The maximum absolute atomic E-state index is 12.7. The number of carboxylic acids is 1. The zero-order valence-electron chi connectivity index (χ0n) is 16.0. The van der Waals surface area contributed by atoms with E-state index in [2.05, 4.69) is 20.0 Å². The van der Waals surface area contributed by atoms with Gasteiger partial charge in [-0.25, -0.2) is 9.97 Å². The molecule has 1 amide bonds. The lowest BCUT2D eigenvalue weighted by atomic mass is 10.0. The van der Waals surface area contributed by atoms with Gasteiger partial charge in [-0.1, -0.05) is 6.42 Å². The molecular formula is C18H25N7O3. The van der Waals surface area contributed by atoms with E-state index in [0.717, 1.165) is 29.7 Å². The number of carboxylic acid groups (broad SMARTS) is 1. The first-order valence-electron chi connectivity index (χ1n) is 9.67. The molecule has 1 N–H and O–H groups in total. The van der Waals surface area contributed by atoms with Crippen molar-refractivity contribution < 1.29 is 14.7 Å². The Morgan fingerprint density at radius 3 is 2.68 bits per heavy atom. The third-order valence-electron chi connectivity index (χ3n) is 5.68. The highest BCUT2D eigenvalue weighted by atomic mass is 16.4. The minimum absolute atomic E-state index is 0.00186. The number of anilines is 1. The van der Waals surface area contributed by atoms with Crippen LogP contribution in [0.25, 0.3) is 11.0 Å². The van der Waals surface area contributed by atoms with E-state index >= 15 is 0 Å². The van der Waals surface area contributed by atoms with Crippen LogP contribution in [-0.2, 0) is 16.6 Å². The molecule has 1 atom stereocenters. The summed E-state index contributed by atoms with van der Waals surface area (Å²) in [7, 11) is 1.85. The molecule has 0 saturated carbocycles. The first-order chi connectivity index (χ1) is 13.5. The smallest absolute Gasteiger partial charge is 0.320 e. The van der Waals surface area contributed by atoms with Gasteiger partial charge in [0.05, 0.1) is 18.1 Å². The Kier molecular flexibility index (Phi) is 5.12. The number of amides is 1. The number of carbonyl (C=O) groups is 2. The third kappa shape index (κ3) is 3.51. The van der Waals surface area contributed by atoms with Gasteiger partial charge in [-0.15, -0.1) is 0 Å². The van der Waals surface area contributed by atoms with Crippen LogP contribution < -0.4 is 4.90 Å². The zero-order chi connectivity index (χ0) is 19.7. The molecule has 28 heavy (non-hydrogen) atoms. The molecule has 10 nitrogen and oxygen atoms in total. The fourth-order valence-corrected chi connectivity index (χ4v) is 4.10. The molecule has 2 aromatic rings. The summed E-state index contributed by atoms with van der Waals surface area (Å²) >= 11 is 0. The summed E-state index contributed by atoms with van der Waals surface area (Å²) in [4.78, 5) is 38.6. The van der Waals surface area contributed by atoms with Crippen LogP contribution in [0.4, 0.5) is 5.82 Å². The number of nitrogens with zero attached hydrogens (tertiary/aromatic N) is 7. The van der Waals surface area contributed by atoms with Crippen LogP contribution in [-0.4, -0.2) is 91.8 Å². The largest absolute Gasteiger partial charge is 0.480 e. The number of aryl methyl sites for hydroxylation is 1. The molecule has 0 aliphatic carbocycles. The molecule has 4 rings (SSSR count). The Hall–Kier alpha value is -2.75. The van der Waals surface area contributed by atoms with Crippen LogP contribution >= 0.6 is 0 Å². The van der Waals surface area contributed by atoms with Crippen LogP contribution in [0.5, 0.6) is 0 Å². The van der Waals surface area contributed by atoms with Gasteiger partial charge in [0.15, 0.2) is 5.65 Å². The molecule has 4 heterocycles. The van der Waals surface area contributed by atoms with E-state index in [-0.39, 0.29) is 12.5 Å². The fraction of sp³-hybridized carbons (Fsp3) is 0.611. The second-order valence-electron chi connectivity index (χ2n) is 7.39. The van der Waals surface area contributed by atoms with Crippen LogP contribution in [0.3, 0.4) is 0 Å². The number of rotatable bonds is 4. The average molecular weight is 387 g/mol. The maximum Gasteiger partial charge on any atom is 0.320 e. The number of aromatic nitrogens is 4. The van der Waals surface area contributed by atoms with Crippen molar-refractivity contribution in [3.05, 3.63) is 12.5 Å². The topological polar surface area (TPSA) is 108 Å². The molecule has 1 unspecified atom stereocenters.